The van der Waals surface area contributed by atoms with Crippen LogP contribution in [0.5, 0.6) is 0 Å². The van der Waals surface area contributed by atoms with Crippen LogP contribution >= 0.6 is 0 Å². The second-order valence-corrected chi connectivity index (χ2v) is 4.47. The molecule has 0 atom stereocenters. The molecule has 1 heterocycles. The molecule has 0 unspecified atom stereocenters. The predicted octanol–water partition coefficient (Wildman–Crippen LogP) is 0.235. The summed E-state index contributed by atoms with van der Waals surface area (Å²) >= 11 is 0. The van der Waals surface area contributed by atoms with Crippen molar-refractivity contribution in [2.45, 2.75) is 32.1 Å². The molecule has 0 bridgehead atoms. The van der Waals surface area contributed by atoms with Crippen LogP contribution in [0.1, 0.15) is 36.6 Å². The number of nitrogens with one attached hydrogen (secondary N) is 2. The molecule has 1 amide bonds. The summed E-state index contributed by atoms with van der Waals surface area (Å²) in [4.78, 5) is 19.5. The molecule has 6 N–H and O–H groups in total. The number of primary amides is 1. The van der Waals surface area contributed by atoms with Gasteiger partial charge in [-0.1, -0.05) is 0 Å². The highest BCUT2D eigenvalue weighted by Crippen LogP contribution is 2.39. The highest BCUT2D eigenvalue weighted by atomic mass is 16.1. The van der Waals surface area contributed by atoms with Crippen molar-refractivity contribution in [1.29, 1.82) is 0 Å². The summed E-state index contributed by atoms with van der Waals surface area (Å²) in [6, 6.07) is 0. The fraction of sp³-hybridized carbons (Fsp3) is 0.545. The number of hydrazine groups is 1. The van der Waals surface area contributed by atoms with Gasteiger partial charge >= 0.3 is 0 Å². The topological polar surface area (TPSA) is 119 Å². The quantitative estimate of drug-likeness (QED) is 0.424. The van der Waals surface area contributed by atoms with E-state index in [0.717, 1.165) is 24.2 Å². The normalized spacial score (nSPS) is 14.3. The molecule has 1 fully saturated rings. The first-order valence-corrected chi connectivity index (χ1v) is 5.99. The zero-order chi connectivity index (χ0) is 13.1. The monoisotopic (exact) mass is 250 g/mol. The third-order valence-corrected chi connectivity index (χ3v) is 2.91. The largest absolute Gasteiger partial charge is 0.370 e. The Morgan fingerprint density at radius 3 is 2.61 bits per heavy atom. The number of hydrogen-bond acceptors (Lipinski definition) is 6. The highest BCUT2D eigenvalue weighted by molar-refractivity contribution is 5.74. The van der Waals surface area contributed by atoms with Gasteiger partial charge in [-0.15, -0.1) is 0 Å². The summed E-state index contributed by atoms with van der Waals surface area (Å²) in [5, 5.41) is 3.09. The predicted molar refractivity (Wildman–Crippen MR) is 68.9 cm³/mol. The summed E-state index contributed by atoms with van der Waals surface area (Å²) in [5.74, 6) is 7.67. The lowest BCUT2D eigenvalue weighted by atomic mass is 10.2. The van der Waals surface area contributed by atoms with E-state index in [0.29, 0.717) is 24.1 Å². The van der Waals surface area contributed by atoms with Gasteiger partial charge in [0, 0.05) is 24.4 Å². The highest BCUT2D eigenvalue weighted by Gasteiger charge is 2.28. The van der Waals surface area contributed by atoms with E-state index in [-0.39, 0.29) is 12.3 Å². The van der Waals surface area contributed by atoms with Crippen LogP contribution < -0.4 is 22.3 Å². The minimum absolute atomic E-state index is 0.271. The third-order valence-electron chi connectivity index (χ3n) is 2.91. The fourth-order valence-corrected chi connectivity index (χ4v) is 1.67. The van der Waals surface area contributed by atoms with E-state index in [1.807, 2.05) is 6.92 Å². The maximum Gasteiger partial charge on any atom is 0.219 e. The second-order valence-electron chi connectivity index (χ2n) is 4.47. The molecule has 0 radical (unpaired) electrons. The lowest BCUT2D eigenvalue weighted by Crippen LogP contribution is -2.18. The Morgan fingerprint density at radius 2 is 2.06 bits per heavy atom. The first-order valence-electron chi connectivity index (χ1n) is 5.99. The van der Waals surface area contributed by atoms with Crippen LogP contribution in [-0.4, -0.2) is 22.4 Å². The van der Waals surface area contributed by atoms with Crippen LogP contribution in [0.15, 0.2) is 0 Å². The van der Waals surface area contributed by atoms with Gasteiger partial charge in [-0.2, -0.15) is 0 Å². The first-order chi connectivity index (χ1) is 8.61. The summed E-state index contributed by atoms with van der Waals surface area (Å²) in [5.41, 5.74) is 8.51. The zero-order valence-corrected chi connectivity index (χ0v) is 10.4. The van der Waals surface area contributed by atoms with Gasteiger partial charge in [0.15, 0.2) is 0 Å². The van der Waals surface area contributed by atoms with Crippen molar-refractivity contribution < 1.29 is 4.79 Å². The van der Waals surface area contributed by atoms with E-state index in [1.165, 1.54) is 0 Å². The Bertz CT molecular complexity index is 457. The molecule has 1 aliphatic carbocycles. The number of nitrogens with zero attached hydrogens (tertiary/aromatic N) is 2. The molecule has 1 aromatic rings. The number of carbonyl (C=O) groups is 1. The van der Waals surface area contributed by atoms with Gasteiger partial charge in [-0.05, 0) is 19.8 Å². The van der Waals surface area contributed by atoms with E-state index in [9.17, 15) is 4.79 Å². The maximum absolute atomic E-state index is 10.7. The Balaban J connectivity index is 2.15. The summed E-state index contributed by atoms with van der Waals surface area (Å²) in [7, 11) is 0. The molecule has 2 rings (SSSR count). The van der Waals surface area contributed by atoms with E-state index in [1.54, 1.807) is 0 Å². The second kappa shape index (κ2) is 5.18. The molecular weight excluding hydrogens is 232 g/mol. The van der Waals surface area contributed by atoms with Crippen LogP contribution in [0.2, 0.25) is 0 Å². The van der Waals surface area contributed by atoms with Crippen LogP contribution in [0.4, 0.5) is 11.6 Å². The Hall–Kier alpha value is -1.89. The van der Waals surface area contributed by atoms with Gasteiger partial charge in [-0.3, -0.25) is 4.79 Å². The SMILES string of the molecule is Cc1c(NN)nc(C2CC2)nc1NCCC(N)=O. The number of carbonyl (C=O) groups excluding carboxylic acids is 1. The van der Waals surface area contributed by atoms with Crippen molar-refractivity contribution in [3.63, 3.8) is 0 Å². The van der Waals surface area contributed by atoms with Gasteiger partial charge in [0.1, 0.15) is 17.5 Å². The van der Waals surface area contributed by atoms with Gasteiger partial charge in [0.05, 0.1) is 0 Å². The van der Waals surface area contributed by atoms with Crippen molar-refractivity contribution >= 4 is 17.5 Å². The molecule has 0 aromatic carbocycles. The molecule has 0 saturated heterocycles. The lowest BCUT2D eigenvalue weighted by Gasteiger charge is -2.12. The molecule has 7 nitrogen and oxygen atoms in total. The molecule has 0 aliphatic heterocycles. The summed E-state index contributed by atoms with van der Waals surface area (Å²) in [6.07, 6.45) is 2.51. The minimum Gasteiger partial charge on any atom is -0.370 e. The molecule has 18 heavy (non-hydrogen) atoms. The third kappa shape index (κ3) is 2.86. The maximum atomic E-state index is 10.7. The average molecular weight is 250 g/mol. The fourth-order valence-electron chi connectivity index (χ4n) is 1.67. The van der Waals surface area contributed by atoms with E-state index < -0.39 is 0 Å². The number of anilines is 2. The Kier molecular flexibility index (Phi) is 3.61. The van der Waals surface area contributed by atoms with Crippen molar-refractivity contribution in [3.05, 3.63) is 11.4 Å². The van der Waals surface area contributed by atoms with Crippen LogP contribution in [0.25, 0.3) is 0 Å². The van der Waals surface area contributed by atoms with Crippen LogP contribution in [0.3, 0.4) is 0 Å². The van der Waals surface area contributed by atoms with Gasteiger partial charge < -0.3 is 16.5 Å². The number of amides is 1. The van der Waals surface area contributed by atoms with Crippen molar-refractivity contribution in [3.8, 4) is 0 Å². The number of nitrogens with two attached hydrogens (primary N) is 2. The smallest absolute Gasteiger partial charge is 0.219 e. The van der Waals surface area contributed by atoms with E-state index in [4.69, 9.17) is 11.6 Å². The molecule has 0 spiro atoms. The average Bonchev–Trinajstić information content (AvgIpc) is 3.15. The van der Waals surface area contributed by atoms with Gasteiger partial charge in [-0.25, -0.2) is 15.8 Å². The van der Waals surface area contributed by atoms with Crippen molar-refractivity contribution in [2.24, 2.45) is 11.6 Å². The number of nitrogen functional groups attached to an aromatic ring is 1. The van der Waals surface area contributed by atoms with Crippen molar-refractivity contribution in [2.75, 3.05) is 17.3 Å². The number of hydrogen-bond donors (Lipinski definition) is 4. The van der Waals surface area contributed by atoms with Crippen molar-refractivity contribution in [1.82, 2.24) is 9.97 Å². The Morgan fingerprint density at radius 1 is 1.39 bits per heavy atom. The first kappa shape index (κ1) is 12.6. The van der Waals surface area contributed by atoms with Gasteiger partial charge in [0.2, 0.25) is 5.91 Å². The standard InChI is InChI=1S/C11H18N6O/c1-6-9(14-5-4-8(12)18)15-11(7-2-3-7)16-10(6)17-13/h7H,2-5,13H2,1H3,(H2,12,18)(H2,14,15,16,17). The molecule has 1 aliphatic rings. The molecule has 98 valence electrons. The molecular formula is C11H18N6O. The lowest BCUT2D eigenvalue weighted by molar-refractivity contribution is -0.117. The van der Waals surface area contributed by atoms with E-state index in [2.05, 4.69) is 20.7 Å². The van der Waals surface area contributed by atoms with Crippen LogP contribution in [-0.2, 0) is 4.79 Å². The number of rotatable bonds is 6. The summed E-state index contributed by atoms with van der Waals surface area (Å²) < 4.78 is 0. The molecule has 1 saturated carbocycles. The Labute approximate surface area is 105 Å². The van der Waals surface area contributed by atoms with Gasteiger partial charge in [0.25, 0.3) is 0 Å². The van der Waals surface area contributed by atoms with Crippen LogP contribution in [0, 0.1) is 6.92 Å². The number of aromatic nitrogens is 2. The zero-order valence-electron chi connectivity index (χ0n) is 10.4. The minimum atomic E-state index is -0.339. The molecule has 1 aromatic heterocycles. The van der Waals surface area contributed by atoms with E-state index >= 15 is 0 Å². The summed E-state index contributed by atoms with van der Waals surface area (Å²) in [6.45, 7) is 2.33. The molecule has 7 heteroatoms.